The number of carbonyl (C=O) groups is 1. The average molecular weight is 306 g/mol. The van der Waals surface area contributed by atoms with Crippen molar-refractivity contribution in [3.05, 3.63) is 28.2 Å². The molecule has 0 aliphatic rings. The van der Waals surface area contributed by atoms with Gasteiger partial charge >= 0.3 is 6.18 Å². The van der Waals surface area contributed by atoms with Gasteiger partial charge in [-0.1, -0.05) is 13.3 Å². The predicted octanol–water partition coefficient (Wildman–Crippen LogP) is 2.54. The van der Waals surface area contributed by atoms with E-state index in [0.29, 0.717) is 18.9 Å². The zero-order valence-electron chi connectivity index (χ0n) is 11.7. The number of unbranched alkanes of at least 4 members (excludes halogenated alkanes) is 1. The normalized spacial score (nSPS) is 13.0. The van der Waals surface area contributed by atoms with E-state index >= 15 is 0 Å². The van der Waals surface area contributed by atoms with Gasteiger partial charge in [0.15, 0.2) is 0 Å². The van der Waals surface area contributed by atoms with Crippen LogP contribution in [0.1, 0.15) is 32.3 Å². The van der Waals surface area contributed by atoms with Gasteiger partial charge in [-0.05, 0) is 19.4 Å². The molecule has 0 saturated carbocycles. The summed E-state index contributed by atoms with van der Waals surface area (Å²) in [6.45, 7) is 3.78. The fourth-order valence-corrected chi connectivity index (χ4v) is 1.45. The molecule has 21 heavy (non-hydrogen) atoms. The molecule has 0 aliphatic heterocycles. The van der Waals surface area contributed by atoms with Gasteiger partial charge in [-0.15, -0.1) is 0 Å². The van der Waals surface area contributed by atoms with Crippen LogP contribution in [-0.4, -0.2) is 23.6 Å². The minimum Gasteiger partial charge on any atom is -0.369 e. The standard InChI is InChI=1S/C13H17F3N2O3/c1-3-4-5-21-8(2)11(19)18-10-6-9(13(14,15)16)7-17-12(10)20/h6-8H,3-5H2,1-2H3,(H,17,20)(H,18,19). The Morgan fingerprint density at radius 2 is 2.14 bits per heavy atom. The monoisotopic (exact) mass is 306 g/mol. The Labute approximate surface area is 119 Å². The highest BCUT2D eigenvalue weighted by Crippen LogP contribution is 2.29. The Kier molecular flexibility index (Phi) is 5.95. The molecule has 1 aromatic rings. The number of pyridine rings is 1. The fourth-order valence-electron chi connectivity index (χ4n) is 1.45. The summed E-state index contributed by atoms with van der Waals surface area (Å²) in [5, 5.41) is 2.14. The smallest absolute Gasteiger partial charge is 0.369 e. The van der Waals surface area contributed by atoms with Crippen molar-refractivity contribution in [2.24, 2.45) is 0 Å². The predicted molar refractivity (Wildman–Crippen MR) is 71.0 cm³/mol. The highest BCUT2D eigenvalue weighted by Gasteiger charge is 2.31. The van der Waals surface area contributed by atoms with Crippen LogP contribution in [0.5, 0.6) is 0 Å². The van der Waals surface area contributed by atoms with Crippen LogP contribution in [-0.2, 0) is 15.7 Å². The Morgan fingerprint density at radius 3 is 2.71 bits per heavy atom. The molecule has 0 saturated heterocycles. The number of hydrogen-bond acceptors (Lipinski definition) is 3. The summed E-state index contributed by atoms with van der Waals surface area (Å²) in [6, 6.07) is 0.593. The molecular formula is C13H17F3N2O3. The molecule has 0 bridgehead atoms. The van der Waals surface area contributed by atoms with E-state index in [4.69, 9.17) is 4.74 Å². The summed E-state index contributed by atoms with van der Waals surface area (Å²) >= 11 is 0. The number of carbonyl (C=O) groups excluding carboxylic acids is 1. The molecular weight excluding hydrogens is 289 g/mol. The van der Waals surface area contributed by atoms with Gasteiger partial charge in [0.1, 0.15) is 11.8 Å². The van der Waals surface area contributed by atoms with Gasteiger partial charge in [0.2, 0.25) is 0 Å². The van der Waals surface area contributed by atoms with Crippen LogP contribution in [0.3, 0.4) is 0 Å². The molecule has 0 radical (unpaired) electrons. The summed E-state index contributed by atoms with van der Waals surface area (Å²) in [5.74, 6) is -0.670. The number of ether oxygens (including phenoxy) is 1. The number of amides is 1. The van der Waals surface area contributed by atoms with Gasteiger partial charge < -0.3 is 15.0 Å². The number of aromatic amines is 1. The number of H-pyrrole nitrogens is 1. The molecule has 8 heteroatoms. The van der Waals surface area contributed by atoms with Crippen molar-refractivity contribution >= 4 is 11.6 Å². The SMILES string of the molecule is CCCCOC(C)C(=O)Nc1cc(C(F)(F)F)c[nH]c1=O. The zero-order chi connectivity index (χ0) is 16.0. The van der Waals surface area contributed by atoms with E-state index in [1.165, 1.54) is 6.92 Å². The Balaban J connectivity index is 2.78. The lowest BCUT2D eigenvalue weighted by Gasteiger charge is -2.13. The molecule has 118 valence electrons. The van der Waals surface area contributed by atoms with Gasteiger partial charge in [0, 0.05) is 12.8 Å². The molecule has 0 aromatic carbocycles. The van der Waals surface area contributed by atoms with Crippen LogP contribution in [0.2, 0.25) is 0 Å². The molecule has 1 aromatic heterocycles. The number of nitrogens with one attached hydrogen (secondary N) is 2. The van der Waals surface area contributed by atoms with Gasteiger partial charge in [0.05, 0.1) is 5.56 Å². The summed E-state index contributed by atoms with van der Waals surface area (Å²) in [4.78, 5) is 25.1. The van der Waals surface area contributed by atoms with E-state index in [1.54, 1.807) is 0 Å². The third-order valence-corrected chi connectivity index (χ3v) is 2.72. The number of aromatic nitrogens is 1. The maximum Gasteiger partial charge on any atom is 0.417 e. The first kappa shape index (κ1) is 17.2. The third kappa shape index (κ3) is 5.22. The largest absolute Gasteiger partial charge is 0.417 e. The first-order chi connectivity index (χ1) is 9.75. The highest BCUT2D eigenvalue weighted by atomic mass is 19.4. The second-order valence-electron chi connectivity index (χ2n) is 4.48. The summed E-state index contributed by atoms with van der Waals surface area (Å²) in [5.41, 5.74) is -2.31. The van der Waals surface area contributed by atoms with E-state index in [9.17, 15) is 22.8 Å². The molecule has 0 fully saturated rings. The molecule has 1 amide bonds. The highest BCUT2D eigenvalue weighted by molar-refractivity contribution is 5.93. The maximum atomic E-state index is 12.5. The summed E-state index contributed by atoms with van der Waals surface area (Å²) in [6.07, 6.45) is -3.25. The quantitative estimate of drug-likeness (QED) is 0.793. The van der Waals surface area contributed by atoms with Gasteiger partial charge in [-0.25, -0.2) is 0 Å². The van der Waals surface area contributed by atoms with Crippen molar-refractivity contribution in [3.63, 3.8) is 0 Å². The van der Waals surface area contributed by atoms with Crippen molar-refractivity contribution < 1.29 is 22.7 Å². The van der Waals surface area contributed by atoms with Crippen molar-refractivity contribution in [1.29, 1.82) is 0 Å². The Bertz CT molecular complexity index is 540. The topological polar surface area (TPSA) is 71.2 Å². The van der Waals surface area contributed by atoms with Crippen molar-refractivity contribution in [1.82, 2.24) is 4.98 Å². The number of alkyl halides is 3. The molecule has 5 nitrogen and oxygen atoms in total. The van der Waals surface area contributed by atoms with Crippen molar-refractivity contribution in [3.8, 4) is 0 Å². The molecule has 1 atom stereocenters. The van der Waals surface area contributed by atoms with Gasteiger partial charge in [-0.3, -0.25) is 9.59 Å². The summed E-state index contributed by atoms with van der Waals surface area (Å²) < 4.78 is 42.8. The van der Waals surface area contributed by atoms with E-state index in [0.717, 1.165) is 12.8 Å². The van der Waals surface area contributed by atoms with Crippen molar-refractivity contribution in [2.75, 3.05) is 11.9 Å². The second kappa shape index (κ2) is 7.26. The van der Waals surface area contributed by atoms with Crippen LogP contribution in [0, 0.1) is 0 Å². The van der Waals surface area contributed by atoms with E-state index in [2.05, 4.69) is 5.32 Å². The van der Waals surface area contributed by atoms with Crippen LogP contribution in [0.25, 0.3) is 0 Å². The second-order valence-corrected chi connectivity index (χ2v) is 4.48. The maximum absolute atomic E-state index is 12.5. The van der Waals surface area contributed by atoms with Crippen molar-refractivity contribution in [2.45, 2.75) is 39.0 Å². The number of rotatable bonds is 6. The number of hydrogen-bond donors (Lipinski definition) is 2. The lowest BCUT2D eigenvalue weighted by molar-refractivity contribution is -0.137. The molecule has 1 heterocycles. The van der Waals surface area contributed by atoms with Crippen LogP contribution in [0.15, 0.2) is 17.1 Å². The first-order valence-electron chi connectivity index (χ1n) is 6.48. The van der Waals surface area contributed by atoms with E-state index < -0.39 is 35.0 Å². The summed E-state index contributed by atoms with van der Waals surface area (Å²) in [7, 11) is 0. The van der Waals surface area contributed by atoms with E-state index in [1.807, 2.05) is 11.9 Å². The molecule has 2 N–H and O–H groups in total. The van der Waals surface area contributed by atoms with Crippen LogP contribution < -0.4 is 10.9 Å². The number of halogens is 3. The first-order valence-corrected chi connectivity index (χ1v) is 6.48. The zero-order valence-corrected chi connectivity index (χ0v) is 11.7. The van der Waals surface area contributed by atoms with Gasteiger partial charge in [0.25, 0.3) is 11.5 Å². The third-order valence-electron chi connectivity index (χ3n) is 2.72. The molecule has 1 unspecified atom stereocenters. The lowest BCUT2D eigenvalue weighted by Crippen LogP contribution is -2.30. The minimum atomic E-state index is -4.60. The lowest BCUT2D eigenvalue weighted by atomic mass is 10.2. The average Bonchev–Trinajstić information content (AvgIpc) is 2.40. The molecule has 0 spiro atoms. The van der Waals surface area contributed by atoms with Crippen LogP contribution >= 0.6 is 0 Å². The minimum absolute atomic E-state index is 0.365. The Hall–Kier alpha value is -1.83. The van der Waals surface area contributed by atoms with Crippen LogP contribution in [0.4, 0.5) is 18.9 Å². The number of anilines is 1. The fraction of sp³-hybridized carbons (Fsp3) is 0.538. The molecule has 1 rings (SSSR count). The Morgan fingerprint density at radius 1 is 1.48 bits per heavy atom. The van der Waals surface area contributed by atoms with Gasteiger partial charge in [-0.2, -0.15) is 13.2 Å². The molecule has 0 aliphatic carbocycles. The van der Waals surface area contributed by atoms with E-state index in [-0.39, 0.29) is 0 Å².